The fourth-order valence-electron chi connectivity index (χ4n) is 3.52. The summed E-state index contributed by atoms with van der Waals surface area (Å²) in [4.78, 5) is 43.4. The van der Waals surface area contributed by atoms with E-state index in [1.54, 1.807) is 67.8 Å². The third-order valence-corrected chi connectivity index (χ3v) is 5.16. The average molecular weight is 446 g/mol. The zero-order valence-electron chi connectivity index (χ0n) is 18.1. The van der Waals surface area contributed by atoms with Gasteiger partial charge in [0.15, 0.2) is 0 Å². The maximum atomic E-state index is 13.3. The Kier molecular flexibility index (Phi) is 6.21. The molecule has 0 aliphatic carbocycles. The topological polar surface area (TPSA) is 104 Å². The van der Waals surface area contributed by atoms with Crippen LogP contribution in [-0.2, 0) is 17.9 Å². The zero-order chi connectivity index (χ0) is 23.4. The summed E-state index contributed by atoms with van der Waals surface area (Å²) in [6.45, 7) is -0.284. The Labute approximate surface area is 188 Å². The van der Waals surface area contributed by atoms with Crippen LogP contribution in [0.5, 0.6) is 11.5 Å². The predicted molar refractivity (Wildman–Crippen MR) is 124 cm³/mol. The van der Waals surface area contributed by atoms with E-state index in [1.807, 2.05) is 0 Å². The number of hydrogen-bond acceptors (Lipinski definition) is 6. The molecule has 0 saturated carbocycles. The number of hydrogen-bond donors (Lipinski definition) is 1. The van der Waals surface area contributed by atoms with E-state index in [0.29, 0.717) is 17.2 Å². The van der Waals surface area contributed by atoms with E-state index in [0.717, 1.165) is 10.1 Å². The van der Waals surface area contributed by atoms with Gasteiger partial charge in [0.1, 0.15) is 23.7 Å². The Bertz CT molecular complexity index is 1420. The van der Waals surface area contributed by atoms with Crippen LogP contribution in [0.25, 0.3) is 11.0 Å². The van der Waals surface area contributed by atoms with Crippen LogP contribution in [-0.4, -0.2) is 34.2 Å². The number of para-hydroxylation sites is 2. The molecule has 0 saturated heterocycles. The summed E-state index contributed by atoms with van der Waals surface area (Å²) < 4.78 is 12.7. The predicted octanol–water partition coefficient (Wildman–Crippen LogP) is 2.26. The third-order valence-electron chi connectivity index (χ3n) is 5.16. The highest BCUT2D eigenvalue weighted by Gasteiger charge is 2.17. The molecule has 2 heterocycles. The number of carbonyl (C=O) groups is 1. The van der Waals surface area contributed by atoms with Crippen LogP contribution < -0.4 is 26.0 Å². The number of rotatable bonds is 7. The van der Waals surface area contributed by atoms with E-state index in [9.17, 15) is 14.4 Å². The van der Waals surface area contributed by atoms with Gasteiger partial charge < -0.3 is 14.8 Å². The minimum atomic E-state index is -0.628. The number of anilines is 1. The number of nitrogens with one attached hydrogen (secondary N) is 1. The normalized spacial score (nSPS) is 10.7. The second kappa shape index (κ2) is 9.39. The number of carbonyl (C=O) groups excluding carboxylic acids is 1. The number of aromatic nitrogens is 3. The van der Waals surface area contributed by atoms with E-state index in [4.69, 9.17) is 9.47 Å². The van der Waals surface area contributed by atoms with Gasteiger partial charge in [-0.1, -0.05) is 24.3 Å². The van der Waals surface area contributed by atoms with Crippen molar-refractivity contribution in [1.82, 2.24) is 14.1 Å². The van der Waals surface area contributed by atoms with E-state index in [-0.39, 0.29) is 24.1 Å². The smallest absolute Gasteiger partial charge is 0.333 e. The zero-order valence-corrected chi connectivity index (χ0v) is 18.1. The van der Waals surface area contributed by atoms with E-state index in [2.05, 4.69) is 10.3 Å². The minimum Gasteiger partial charge on any atom is -0.497 e. The van der Waals surface area contributed by atoms with Crippen LogP contribution in [0, 0.1) is 0 Å². The van der Waals surface area contributed by atoms with E-state index in [1.165, 1.54) is 17.9 Å². The van der Waals surface area contributed by atoms with Crippen molar-refractivity contribution in [3.05, 3.63) is 93.3 Å². The van der Waals surface area contributed by atoms with Crippen molar-refractivity contribution >= 4 is 22.6 Å². The SMILES string of the molecule is COc1ccc(Cn2c(=O)c3cccnc3n(CC(=O)Nc3ccccc3OC)c2=O)cc1. The molecule has 1 N–H and O–H groups in total. The lowest BCUT2D eigenvalue weighted by Gasteiger charge is -2.14. The van der Waals surface area contributed by atoms with Crippen molar-refractivity contribution in [2.45, 2.75) is 13.1 Å². The number of fused-ring (bicyclic) bond motifs is 1. The number of benzene rings is 2. The van der Waals surface area contributed by atoms with Crippen LogP contribution in [0.15, 0.2) is 76.4 Å². The van der Waals surface area contributed by atoms with Crippen LogP contribution >= 0.6 is 0 Å². The highest BCUT2D eigenvalue weighted by molar-refractivity contribution is 5.92. The van der Waals surface area contributed by atoms with Crippen molar-refractivity contribution in [3.8, 4) is 11.5 Å². The monoisotopic (exact) mass is 446 g/mol. The first-order chi connectivity index (χ1) is 16.0. The Morgan fingerprint density at radius 3 is 2.42 bits per heavy atom. The number of nitrogens with zero attached hydrogens (tertiary/aromatic N) is 3. The lowest BCUT2D eigenvalue weighted by atomic mass is 10.2. The van der Waals surface area contributed by atoms with Crippen LogP contribution in [0.3, 0.4) is 0 Å². The Morgan fingerprint density at radius 2 is 1.70 bits per heavy atom. The summed E-state index contributed by atoms with van der Waals surface area (Å²) in [5.41, 5.74) is 0.260. The summed E-state index contributed by atoms with van der Waals surface area (Å²) in [6, 6.07) is 17.2. The molecule has 9 nitrogen and oxygen atoms in total. The maximum absolute atomic E-state index is 13.3. The molecule has 33 heavy (non-hydrogen) atoms. The van der Waals surface area contributed by atoms with Gasteiger partial charge in [-0.2, -0.15) is 0 Å². The molecule has 0 unspecified atom stereocenters. The van der Waals surface area contributed by atoms with Crippen molar-refractivity contribution in [1.29, 1.82) is 0 Å². The second-order valence-corrected chi connectivity index (χ2v) is 7.23. The van der Waals surface area contributed by atoms with Gasteiger partial charge in [0, 0.05) is 6.20 Å². The van der Waals surface area contributed by atoms with Gasteiger partial charge in [0.05, 0.1) is 31.8 Å². The summed E-state index contributed by atoms with van der Waals surface area (Å²) >= 11 is 0. The van der Waals surface area contributed by atoms with Crippen molar-refractivity contribution in [3.63, 3.8) is 0 Å². The number of ether oxygens (including phenoxy) is 2. The molecule has 9 heteroatoms. The number of methoxy groups -OCH3 is 2. The molecule has 1 amide bonds. The van der Waals surface area contributed by atoms with Crippen LogP contribution in [0.4, 0.5) is 5.69 Å². The molecule has 0 aliphatic rings. The first kappa shape index (κ1) is 21.8. The first-order valence-corrected chi connectivity index (χ1v) is 10.2. The standard InChI is InChI=1S/C24H22N4O5/c1-32-17-11-9-16(10-12-17)14-28-23(30)18-6-5-13-25-22(18)27(24(28)31)15-21(29)26-19-7-3-4-8-20(19)33-2/h3-13H,14-15H2,1-2H3,(H,26,29). The van der Waals surface area contributed by atoms with E-state index >= 15 is 0 Å². The molecule has 0 bridgehead atoms. The van der Waals surface area contributed by atoms with Gasteiger partial charge in [0.2, 0.25) is 5.91 Å². The minimum absolute atomic E-state index is 0.0423. The van der Waals surface area contributed by atoms with Crippen molar-refractivity contribution in [2.24, 2.45) is 0 Å². The molecule has 2 aromatic heterocycles. The Morgan fingerprint density at radius 1 is 0.939 bits per heavy atom. The largest absolute Gasteiger partial charge is 0.497 e. The Hall–Kier alpha value is -4.40. The molecule has 0 fully saturated rings. The van der Waals surface area contributed by atoms with Crippen LogP contribution in [0.2, 0.25) is 0 Å². The number of pyridine rings is 1. The lowest BCUT2D eigenvalue weighted by Crippen LogP contribution is -2.42. The highest BCUT2D eigenvalue weighted by Crippen LogP contribution is 2.23. The van der Waals surface area contributed by atoms with E-state index < -0.39 is 17.2 Å². The van der Waals surface area contributed by atoms with Crippen molar-refractivity contribution in [2.75, 3.05) is 19.5 Å². The summed E-state index contributed by atoms with van der Waals surface area (Å²) in [6.07, 6.45) is 1.48. The number of amides is 1. The summed E-state index contributed by atoms with van der Waals surface area (Å²) in [7, 11) is 3.06. The molecule has 4 rings (SSSR count). The molecule has 0 atom stereocenters. The van der Waals surface area contributed by atoms with Gasteiger partial charge in [0.25, 0.3) is 5.56 Å². The lowest BCUT2D eigenvalue weighted by molar-refractivity contribution is -0.116. The van der Waals surface area contributed by atoms with Gasteiger partial charge >= 0.3 is 5.69 Å². The molecule has 0 radical (unpaired) electrons. The molecular weight excluding hydrogens is 424 g/mol. The van der Waals surface area contributed by atoms with Crippen LogP contribution in [0.1, 0.15) is 5.56 Å². The average Bonchev–Trinajstić information content (AvgIpc) is 2.85. The molecule has 0 spiro atoms. The molecular formula is C24H22N4O5. The highest BCUT2D eigenvalue weighted by atomic mass is 16.5. The summed E-state index contributed by atoms with van der Waals surface area (Å²) in [5.74, 6) is 0.702. The molecule has 4 aromatic rings. The maximum Gasteiger partial charge on any atom is 0.333 e. The first-order valence-electron chi connectivity index (χ1n) is 10.2. The van der Waals surface area contributed by atoms with Crippen molar-refractivity contribution < 1.29 is 14.3 Å². The Balaban J connectivity index is 1.73. The fourth-order valence-corrected chi connectivity index (χ4v) is 3.52. The summed E-state index contributed by atoms with van der Waals surface area (Å²) in [5, 5.41) is 2.99. The van der Waals surface area contributed by atoms with Gasteiger partial charge in [-0.3, -0.25) is 18.7 Å². The molecule has 168 valence electrons. The van der Waals surface area contributed by atoms with Gasteiger partial charge in [-0.05, 0) is 42.0 Å². The van der Waals surface area contributed by atoms with Gasteiger partial charge in [-0.25, -0.2) is 9.78 Å². The molecule has 2 aromatic carbocycles. The van der Waals surface area contributed by atoms with Gasteiger partial charge in [-0.15, -0.1) is 0 Å². The third kappa shape index (κ3) is 4.47. The quantitative estimate of drug-likeness (QED) is 0.467. The molecule has 0 aliphatic heterocycles. The second-order valence-electron chi connectivity index (χ2n) is 7.23. The fraction of sp³-hybridized carbons (Fsp3) is 0.167.